The monoisotopic (exact) mass is 342 g/mol. The molecule has 1 amide bonds. The van der Waals surface area contributed by atoms with E-state index in [2.05, 4.69) is 5.32 Å². The molecule has 0 heterocycles. The van der Waals surface area contributed by atoms with E-state index in [1.54, 1.807) is 18.2 Å². The summed E-state index contributed by atoms with van der Waals surface area (Å²) in [5.74, 6) is -1.17. The predicted molar refractivity (Wildman–Crippen MR) is 86.7 cm³/mol. The van der Waals surface area contributed by atoms with Crippen LogP contribution in [0.15, 0.2) is 36.4 Å². The highest BCUT2D eigenvalue weighted by Gasteiger charge is 2.11. The lowest BCUT2D eigenvalue weighted by molar-refractivity contribution is 0.102. The molecule has 2 aromatic carbocycles. The van der Waals surface area contributed by atoms with Crippen LogP contribution in [0.25, 0.3) is 0 Å². The summed E-state index contributed by atoms with van der Waals surface area (Å²) in [6.07, 6.45) is 0. The topological polar surface area (TPSA) is 55.1 Å². The zero-order valence-electron chi connectivity index (χ0n) is 10.5. The van der Waals surface area contributed by atoms with Crippen LogP contribution in [0.2, 0.25) is 10.0 Å². The van der Waals surface area contributed by atoms with Crippen molar-refractivity contribution < 1.29 is 9.18 Å². The van der Waals surface area contributed by atoms with Crippen molar-refractivity contribution >= 4 is 52.0 Å². The van der Waals surface area contributed by atoms with Gasteiger partial charge in [0, 0.05) is 11.1 Å². The van der Waals surface area contributed by atoms with Crippen molar-refractivity contribution in [1.29, 1.82) is 0 Å². The van der Waals surface area contributed by atoms with Crippen molar-refractivity contribution in [3.63, 3.8) is 0 Å². The summed E-state index contributed by atoms with van der Waals surface area (Å²) in [5, 5.41) is 2.80. The van der Waals surface area contributed by atoms with Crippen LogP contribution in [-0.4, -0.2) is 10.9 Å². The quantitative estimate of drug-likeness (QED) is 0.828. The van der Waals surface area contributed by atoms with E-state index in [-0.39, 0.29) is 20.6 Å². The van der Waals surface area contributed by atoms with E-state index in [0.717, 1.165) is 6.07 Å². The Labute approximate surface area is 135 Å². The van der Waals surface area contributed by atoms with E-state index in [4.69, 9.17) is 41.2 Å². The van der Waals surface area contributed by atoms with Gasteiger partial charge in [-0.05, 0) is 36.4 Å². The SMILES string of the molecule is NC(=S)c1ccc(NC(=O)c2ccc(Cl)c(F)c2)c(Cl)c1. The number of carbonyl (C=O) groups is 1. The van der Waals surface area contributed by atoms with E-state index in [0.29, 0.717) is 11.3 Å². The maximum atomic E-state index is 13.3. The van der Waals surface area contributed by atoms with E-state index in [1.807, 2.05) is 0 Å². The molecule has 7 heteroatoms. The summed E-state index contributed by atoms with van der Waals surface area (Å²) in [4.78, 5) is 12.2. The molecule has 21 heavy (non-hydrogen) atoms. The molecule has 0 aliphatic heterocycles. The second-order valence-corrected chi connectivity index (χ2v) is 5.40. The number of benzene rings is 2. The lowest BCUT2D eigenvalue weighted by Gasteiger charge is -2.09. The van der Waals surface area contributed by atoms with Gasteiger partial charge in [0.1, 0.15) is 10.8 Å². The third-order valence-corrected chi connectivity index (χ3v) is 3.54. The highest BCUT2D eigenvalue weighted by atomic mass is 35.5. The Morgan fingerprint density at radius 1 is 1.10 bits per heavy atom. The summed E-state index contributed by atoms with van der Waals surface area (Å²) < 4.78 is 13.3. The molecule has 2 aromatic rings. The molecule has 0 aromatic heterocycles. The fourth-order valence-electron chi connectivity index (χ4n) is 1.60. The number of nitrogens with two attached hydrogens (primary N) is 1. The Bertz CT molecular complexity index is 737. The average molecular weight is 343 g/mol. The van der Waals surface area contributed by atoms with Gasteiger partial charge in [0.2, 0.25) is 0 Å². The molecule has 3 nitrogen and oxygen atoms in total. The standard InChI is InChI=1S/C14H9Cl2FN2OS/c15-9-3-1-8(6-11(9)17)14(20)19-12-4-2-7(13(18)21)5-10(12)16/h1-6H,(H2,18,21)(H,19,20). The Balaban J connectivity index is 2.23. The van der Waals surface area contributed by atoms with Gasteiger partial charge in [0.15, 0.2) is 0 Å². The molecule has 0 fully saturated rings. The maximum absolute atomic E-state index is 13.3. The number of rotatable bonds is 3. The largest absolute Gasteiger partial charge is 0.389 e. The predicted octanol–water partition coefficient (Wildman–Crippen LogP) is 4.02. The van der Waals surface area contributed by atoms with Crippen molar-refractivity contribution in [2.24, 2.45) is 5.73 Å². The van der Waals surface area contributed by atoms with Crippen LogP contribution in [0, 0.1) is 5.82 Å². The van der Waals surface area contributed by atoms with Crippen molar-refractivity contribution in [2.45, 2.75) is 0 Å². The van der Waals surface area contributed by atoms with Gasteiger partial charge in [-0.2, -0.15) is 0 Å². The molecule has 0 unspecified atom stereocenters. The van der Waals surface area contributed by atoms with E-state index >= 15 is 0 Å². The van der Waals surface area contributed by atoms with E-state index in [1.165, 1.54) is 12.1 Å². The fraction of sp³-hybridized carbons (Fsp3) is 0. The number of carbonyl (C=O) groups excluding carboxylic acids is 1. The number of hydrogen-bond donors (Lipinski definition) is 2. The third-order valence-electron chi connectivity index (χ3n) is 2.68. The number of nitrogens with one attached hydrogen (secondary N) is 1. The van der Waals surface area contributed by atoms with Gasteiger partial charge in [0.05, 0.1) is 15.7 Å². The number of halogens is 3. The van der Waals surface area contributed by atoms with Gasteiger partial charge in [0.25, 0.3) is 5.91 Å². The summed E-state index contributed by atoms with van der Waals surface area (Å²) in [6, 6.07) is 8.52. The minimum Gasteiger partial charge on any atom is -0.389 e. The number of hydrogen-bond acceptors (Lipinski definition) is 2. The van der Waals surface area contributed by atoms with Crippen LogP contribution in [0.1, 0.15) is 15.9 Å². The minimum atomic E-state index is -0.667. The van der Waals surface area contributed by atoms with Crippen LogP contribution in [0.4, 0.5) is 10.1 Å². The highest BCUT2D eigenvalue weighted by Crippen LogP contribution is 2.24. The van der Waals surface area contributed by atoms with Crippen molar-refractivity contribution in [1.82, 2.24) is 0 Å². The first kappa shape index (κ1) is 15.7. The van der Waals surface area contributed by atoms with Crippen LogP contribution in [0.5, 0.6) is 0 Å². The highest BCUT2D eigenvalue weighted by molar-refractivity contribution is 7.80. The Morgan fingerprint density at radius 3 is 2.33 bits per heavy atom. The molecule has 3 N–H and O–H groups in total. The van der Waals surface area contributed by atoms with Gasteiger partial charge in [-0.15, -0.1) is 0 Å². The molecule has 2 rings (SSSR count). The maximum Gasteiger partial charge on any atom is 0.255 e. The van der Waals surface area contributed by atoms with Crippen LogP contribution >= 0.6 is 35.4 Å². The summed E-state index contributed by atoms with van der Waals surface area (Å²) in [6.45, 7) is 0. The van der Waals surface area contributed by atoms with Gasteiger partial charge in [-0.3, -0.25) is 4.79 Å². The molecule has 0 bridgehead atoms. The summed E-state index contributed by atoms with van der Waals surface area (Å²) in [5.41, 5.74) is 6.58. The van der Waals surface area contributed by atoms with Gasteiger partial charge in [-0.25, -0.2) is 4.39 Å². The van der Waals surface area contributed by atoms with Gasteiger partial charge in [-0.1, -0.05) is 35.4 Å². The Hall–Kier alpha value is -1.69. The van der Waals surface area contributed by atoms with Gasteiger partial charge < -0.3 is 11.1 Å². The zero-order valence-corrected chi connectivity index (χ0v) is 12.8. The third kappa shape index (κ3) is 3.69. The number of amides is 1. The number of anilines is 1. The minimum absolute atomic E-state index is 0.0506. The lowest BCUT2D eigenvalue weighted by Crippen LogP contribution is -2.13. The van der Waals surface area contributed by atoms with Crippen molar-refractivity contribution in [3.05, 3.63) is 63.4 Å². The lowest BCUT2D eigenvalue weighted by atomic mass is 10.1. The fourth-order valence-corrected chi connectivity index (χ4v) is 2.07. The molecule has 108 valence electrons. The molecule has 0 atom stereocenters. The first-order valence-electron chi connectivity index (χ1n) is 5.74. The van der Waals surface area contributed by atoms with E-state index in [9.17, 15) is 9.18 Å². The molecule has 0 saturated heterocycles. The molecular weight excluding hydrogens is 334 g/mol. The Morgan fingerprint density at radius 2 is 1.76 bits per heavy atom. The first-order valence-corrected chi connectivity index (χ1v) is 6.90. The molecule has 0 aliphatic carbocycles. The van der Waals surface area contributed by atoms with Crippen molar-refractivity contribution in [2.75, 3.05) is 5.32 Å². The average Bonchev–Trinajstić information content (AvgIpc) is 2.43. The molecular formula is C14H9Cl2FN2OS. The number of thiocarbonyl (C=S) groups is 1. The second kappa shape index (κ2) is 6.39. The van der Waals surface area contributed by atoms with Crippen molar-refractivity contribution in [3.8, 4) is 0 Å². The summed E-state index contributed by atoms with van der Waals surface area (Å²) in [7, 11) is 0. The Kier molecular flexibility index (Phi) is 4.77. The van der Waals surface area contributed by atoms with E-state index < -0.39 is 11.7 Å². The van der Waals surface area contributed by atoms with Gasteiger partial charge >= 0.3 is 0 Å². The normalized spacial score (nSPS) is 10.2. The molecule has 0 radical (unpaired) electrons. The van der Waals surface area contributed by atoms with Crippen LogP contribution in [0.3, 0.4) is 0 Å². The molecule has 0 saturated carbocycles. The second-order valence-electron chi connectivity index (χ2n) is 4.14. The summed E-state index contributed by atoms with van der Waals surface area (Å²) >= 11 is 16.4. The van der Waals surface area contributed by atoms with Crippen LogP contribution in [-0.2, 0) is 0 Å². The molecule has 0 spiro atoms. The molecule has 0 aliphatic rings. The first-order chi connectivity index (χ1) is 9.88. The smallest absolute Gasteiger partial charge is 0.255 e. The van der Waals surface area contributed by atoms with Crippen LogP contribution < -0.4 is 11.1 Å². The zero-order chi connectivity index (χ0) is 15.6.